The van der Waals surface area contributed by atoms with Crippen molar-refractivity contribution in [2.45, 2.75) is 440 Å². The molecule has 23 unspecified atom stereocenters. The molecule has 16 rings (SSSR count). The van der Waals surface area contributed by atoms with Crippen LogP contribution < -0.4 is 0 Å². The van der Waals surface area contributed by atoms with E-state index in [2.05, 4.69) is 114 Å². The van der Waals surface area contributed by atoms with Crippen molar-refractivity contribution in [2.24, 2.45) is 163 Å². The number of hydrogen-bond acceptors (Lipinski definition) is 2. The molecule has 0 N–H and O–H groups in total. The lowest BCUT2D eigenvalue weighted by atomic mass is 9.17. The topological polar surface area (TPSA) is 6.48 Å². The minimum Gasteiger partial charge on any atom is -0.295 e. The first-order valence-electron chi connectivity index (χ1n) is 46.8. The summed E-state index contributed by atoms with van der Waals surface area (Å²) in [7, 11) is 0. The summed E-state index contributed by atoms with van der Waals surface area (Å²) in [6, 6.07) is 4.88. The highest BCUT2D eigenvalue weighted by atomic mass is 15.3. The molecule has 2 heterocycles. The number of fused-ring (bicyclic) bond motifs is 4. The summed E-state index contributed by atoms with van der Waals surface area (Å²) in [5.74, 6) is 24.7. The molecular formula is C96H165BN2. The summed E-state index contributed by atoms with van der Waals surface area (Å²) in [6.07, 6.45) is 68.7. The van der Waals surface area contributed by atoms with Gasteiger partial charge in [-0.3, -0.25) is 9.80 Å². The molecule has 0 radical (unpaired) electrons. The average molecular weight is 1360 g/mol. The molecule has 16 aliphatic rings. The van der Waals surface area contributed by atoms with Crippen molar-refractivity contribution in [1.82, 2.24) is 9.80 Å². The van der Waals surface area contributed by atoms with Gasteiger partial charge >= 0.3 is 0 Å². The van der Waals surface area contributed by atoms with E-state index < -0.39 is 0 Å². The number of rotatable bonds is 8. The molecule has 14 aliphatic carbocycles. The Kier molecular flexibility index (Phi) is 21.3. The Labute approximate surface area is 616 Å². The molecule has 2 nitrogen and oxygen atoms in total. The van der Waals surface area contributed by atoms with Gasteiger partial charge in [0.1, 0.15) is 0 Å². The summed E-state index contributed by atoms with van der Waals surface area (Å²) in [5, 5.41) is 0. The van der Waals surface area contributed by atoms with Gasteiger partial charge in [-0.25, -0.2) is 0 Å². The van der Waals surface area contributed by atoms with Crippen LogP contribution in [0.1, 0.15) is 386 Å². The maximum atomic E-state index is 3.94. The highest BCUT2D eigenvalue weighted by Gasteiger charge is 2.70. The predicted molar refractivity (Wildman–Crippen MR) is 424 cm³/mol. The molecule has 0 spiro atoms. The fraction of sp³-hybridized carbons (Fsp3) is 1.00. The standard InChI is InChI=1S/C96H165BN2/c1-92(2,3)70-47-67-41-42-68-48-71(93(4,5)6)57-80-75(50-69(49-70)87(67)88(68)80)66-44-46-83-82(51-66)97-81-45-43-65(60-31-21-16-22-32-60)52-84(81)99(91-78(63-37-27-19-28-38-63)55-73(95(10,11)12)56-79(91)64-39-29-20-30-40-64)86-59-74(96(13,14)15)58-85(89(86)97)98(83)90-76(61-33-23-17-24-34-61)53-72(94(7,8)9)54-77(90)62-35-25-18-26-36-62/h60-91H,16-59H2,1-15H3. The van der Waals surface area contributed by atoms with Gasteiger partial charge in [0.25, 0.3) is 0 Å². The lowest BCUT2D eigenvalue weighted by Gasteiger charge is -2.73. The van der Waals surface area contributed by atoms with E-state index in [1.165, 1.54) is 96.3 Å². The Morgan fingerprint density at radius 3 is 0.990 bits per heavy atom. The van der Waals surface area contributed by atoms with Crippen LogP contribution in [-0.2, 0) is 0 Å². The van der Waals surface area contributed by atoms with Crippen LogP contribution in [0.2, 0.25) is 17.5 Å². The molecule has 0 aromatic rings. The van der Waals surface area contributed by atoms with E-state index in [1.807, 2.05) is 0 Å². The maximum Gasteiger partial charge on any atom is 0.156 e. The van der Waals surface area contributed by atoms with E-state index in [9.17, 15) is 0 Å². The van der Waals surface area contributed by atoms with Crippen molar-refractivity contribution in [1.29, 1.82) is 0 Å². The van der Waals surface area contributed by atoms with Crippen LogP contribution >= 0.6 is 0 Å². The van der Waals surface area contributed by atoms with Crippen molar-refractivity contribution in [3.8, 4) is 0 Å². The van der Waals surface area contributed by atoms with Crippen molar-refractivity contribution in [2.75, 3.05) is 0 Å². The molecule has 2 saturated heterocycles. The third-order valence-corrected chi connectivity index (χ3v) is 38.4. The first-order valence-corrected chi connectivity index (χ1v) is 46.8. The quantitative estimate of drug-likeness (QED) is 0.224. The van der Waals surface area contributed by atoms with Crippen LogP contribution in [0, 0.1) is 163 Å². The van der Waals surface area contributed by atoms with Crippen molar-refractivity contribution >= 4 is 6.71 Å². The van der Waals surface area contributed by atoms with Gasteiger partial charge in [-0.15, -0.1) is 0 Å². The first kappa shape index (κ1) is 73.1. The van der Waals surface area contributed by atoms with E-state index in [-0.39, 0.29) is 0 Å². The van der Waals surface area contributed by atoms with Crippen molar-refractivity contribution in [3.63, 3.8) is 0 Å². The lowest BCUT2D eigenvalue weighted by Crippen LogP contribution is -2.77. The largest absolute Gasteiger partial charge is 0.295 e. The normalized spacial score (nSPS) is 47.2. The summed E-state index contributed by atoms with van der Waals surface area (Å²) in [5.41, 5.74) is 1.99. The third-order valence-electron chi connectivity index (χ3n) is 38.4. The zero-order valence-corrected chi connectivity index (χ0v) is 68.6. The van der Waals surface area contributed by atoms with E-state index >= 15 is 0 Å². The summed E-state index contributed by atoms with van der Waals surface area (Å²) in [4.78, 5) is 7.88. The molecule has 0 aromatic heterocycles. The smallest absolute Gasteiger partial charge is 0.156 e. The van der Waals surface area contributed by atoms with Gasteiger partial charge in [0.05, 0.1) is 0 Å². The fourth-order valence-corrected chi connectivity index (χ4v) is 33.4. The van der Waals surface area contributed by atoms with E-state index in [0.717, 1.165) is 197 Å². The van der Waals surface area contributed by atoms with Gasteiger partial charge in [-0.05, 0) is 283 Å². The zero-order valence-electron chi connectivity index (χ0n) is 68.6. The van der Waals surface area contributed by atoms with Crippen molar-refractivity contribution < 1.29 is 0 Å². The number of hydrogen-bond donors (Lipinski definition) is 0. The Morgan fingerprint density at radius 2 is 0.556 bits per heavy atom. The van der Waals surface area contributed by atoms with Crippen LogP contribution in [0.15, 0.2) is 0 Å². The molecule has 0 aromatic carbocycles. The second-order valence-electron chi connectivity index (χ2n) is 47.7. The maximum absolute atomic E-state index is 3.94. The molecular weight excluding hydrogens is 1190 g/mol. The average Bonchev–Trinajstić information content (AvgIpc) is 0.687. The molecule has 14 saturated carbocycles. The van der Waals surface area contributed by atoms with Crippen molar-refractivity contribution in [3.05, 3.63) is 0 Å². The monoisotopic (exact) mass is 1360 g/mol. The van der Waals surface area contributed by atoms with Crippen LogP contribution in [0.25, 0.3) is 0 Å². The predicted octanol–water partition coefficient (Wildman–Crippen LogP) is 27.2. The van der Waals surface area contributed by atoms with Gasteiger partial charge in [-0.2, -0.15) is 0 Å². The Balaban J connectivity index is 0.889. The van der Waals surface area contributed by atoms with Gasteiger partial charge < -0.3 is 0 Å². The first-order chi connectivity index (χ1) is 47.3. The third kappa shape index (κ3) is 14.1. The molecule has 2 aliphatic heterocycles. The van der Waals surface area contributed by atoms with E-state index in [1.54, 1.807) is 186 Å². The molecule has 99 heavy (non-hydrogen) atoms. The van der Waals surface area contributed by atoms with E-state index in [4.69, 9.17) is 0 Å². The van der Waals surface area contributed by atoms with Gasteiger partial charge in [0, 0.05) is 36.3 Å². The second-order valence-corrected chi connectivity index (χ2v) is 47.7. The Morgan fingerprint density at radius 1 is 0.212 bits per heavy atom. The highest BCUT2D eigenvalue weighted by molar-refractivity contribution is 6.65. The molecule has 562 valence electrons. The van der Waals surface area contributed by atoms with Gasteiger partial charge in [0.15, 0.2) is 6.71 Å². The molecule has 0 amide bonds. The SMILES string of the molecule is CC(C)(C)C1CC2CCC3CC(C(C)(C)C)CC4C(C5CCC6C(C5)B5C7CCC(C8CCCCC8)CC7N(C7C(C8CCCCC8)CC(C(C)(C)C)CC7C7CCCCC7)C7CC(C(C)(C)C)CC(C57)N6C5C(C6CCCCC6)CC(C(C)(C)C)CC5C5CCCCC5)CC(C1)C2C34. The Bertz CT molecular complexity index is 2570. The zero-order chi connectivity index (χ0) is 68.8. The molecule has 23 atom stereocenters. The van der Waals surface area contributed by atoms with Gasteiger partial charge in [-0.1, -0.05) is 284 Å². The molecule has 3 heteroatoms. The second kappa shape index (κ2) is 28.8. The number of nitrogens with zero attached hydrogens (tertiary/aromatic N) is 2. The van der Waals surface area contributed by atoms with Crippen LogP contribution in [0.5, 0.6) is 0 Å². The molecule has 0 bridgehead atoms. The van der Waals surface area contributed by atoms with Crippen LogP contribution in [-0.4, -0.2) is 52.8 Å². The highest BCUT2D eigenvalue weighted by Crippen LogP contribution is 2.72. The molecule has 16 fully saturated rings. The lowest BCUT2D eigenvalue weighted by molar-refractivity contribution is -0.159. The summed E-state index contributed by atoms with van der Waals surface area (Å²) < 4.78 is 0. The van der Waals surface area contributed by atoms with Gasteiger partial charge in [0.2, 0.25) is 0 Å². The minimum absolute atomic E-state index is 0.329. The summed E-state index contributed by atoms with van der Waals surface area (Å²) >= 11 is 0. The van der Waals surface area contributed by atoms with Crippen LogP contribution in [0.3, 0.4) is 0 Å². The Hall–Kier alpha value is -0.0151. The fourth-order valence-electron chi connectivity index (χ4n) is 33.4. The summed E-state index contributed by atoms with van der Waals surface area (Å²) in [6.45, 7) is 42.1. The van der Waals surface area contributed by atoms with Crippen LogP contribution in [0.4, 0.5) is 0 Å². The minimum atomic E-state index is 0.329. The van der Waals surface area contributed by atoms with E-state index in [0.29, 0.717) is 27.1 Å².